The molecular weight excluding hydrogens is 208 g/mol. The first-order valence-corrected chi connectivity index (χ1v) is 4.67. The van der Waals surface area contributed by atoms with E-state index in [1.807, 2.05) is 12.1 Å². The van der Waals surface area contributed by atoms with E-state index in [4.69, 9.17) is 14.8 Å². The van der Waals surface area contributed by atoms with Gasteiger partial charge in [-0.15, -0.1) is 0 Å². The highest BCUT2D eigenvalue weighted by Crippen LogP contribution is 2.12. The van der Waals surface area contributed by atoms with Crippen molar-refractivity contribution in [3.05, 3.63) is 29.8 Å². The lowest BCUT2D eigenvalue weighted by Crippen LogP contribution is -2.12. The molecule has 0 saturated heterocycles. The number of oxime groups is 2. The predicted octanol–water partition coefficient (Wildman–Crippen LogP) is 1.90. The second-order valence-electron chi connectivity index (χ2n) is 3.04. The number of benzene rings is 1. The van der Waals surface area contributed by atoms with Crippen molar-refractivity contribution in [3.8, 4) is 5.75 Å². The first-order chi connectivity index (χ1) is 7.72. The number of methoxy groups -OCH3 is 1. The summed E-state index contributed by atoms with van der Waals surface area (Å²) >= 11 is 0. The van der Waals surface area contributed by atoms with Gasteiger partial charge in [0, 0.05) is 5.56 Å². The van der Waals surface area contributed by atoms with E-state index in [1.54, 1.807) is 26.2 Å². The maximum atomic E-state index is 8.72. The maximum Gasteiger partial charge on any atom is 0.134 e. The minimum atomic E-state index is 0.381. The van der Waals surface area contributed by atoms with Gasteiger partial charge in [-0.3, -0.25) is 0 Å². The van der Waals surface area contributed by atoms with Crippen LogP contribution in [0.4, 0.5) is 0 Å². The van der Waals surface area contributed by atoms with Crippen LogP contribution in [0.5, 0.6) is 5.75 Å². The highest BCUT2D eigenvalue weighted by Gasteiger charge is 2.09. The summed E-state index contributed by atoms with van der Waals surface area (Å²) in [6.07, 6.45) is 0. The van der Waals surface area contributed by atoms with Gasteiger partial charge in [0.15, 0.2) is 0 Å². The highest BCUT2D eigenvalue weighted by molar-refractivity contribution is 6.47. The summed E-state index contributed by atoms with van der Waals surface area (Å²) in [5, 5.41) is 15.6. The average Bonchev–Trinajstić information content (AvgIpc) is 2.35. The third-order valence-corrected chi connectivity index (χ3v) is 2.04. The molecule has 0 aliphatic carbocycles. The van der Waals surface area contributed by atoms with E-state index in [-0.39, 0.29) is 0 Å². The van der Waals surface area contributed by atoms with Crippen LogP contribution < -0.4 is 4.74 Å². The smallest absolute Gasteiger partial charge is 0.134 e. The van der Waals surface area contributed by atoms with Crippen LogP contribution >= 0.6 is 0 Å². The summed E-state index contributed by atoms with van der Waals surface area (Å²) in [4.78, 5) is 4.70. The van der Waals surface area contributed by atoms with Crippen LogP contribution in [-0.2, 0) is 4.84 Å². The van der Waals surface area contributed by atoms with Crippen LogP contribution in [0.15, 0.2) is 34.6 Å². The molecule has 1 aromatic carbocycles. The van der Waals surface area contributed by atoms with Gasteiger partial charge in [0.25, 0.3) is 0 Å². The molecule has 0 heterocycles. The van der Waals surface area contributed by atoms with E-state index in [0.717, 1.165) is 11.3 Å². The maximum absolute atomic E-state index is 8.72. The average molecular weight is 222 g/mol. The molecule has 0 fully saturated rings. The molecule has 1 rings (SSSR count). The molecule has 5 nitrogen and oxygen atoms in total. The fraction of sp³-hybridized carbons (Fsp3) is 0.273. The van der Waals surface area contributed by atoms with Crippen molar-refractivity contribution in [1.82, 2.24) is 0 Å². The van der Waals surface area contributed by atoms with E-state index in [0.29, 0.717) is 11.4 Å². The molecule has 0 unspecified atom stereocenters. The van der Waals surface area contributed by atoms with E-state index in [1.165, 1.54) is 7.11 Å². The Kier molecular flexibility index (Phi) is 4.32. The van der Waals surface area contributed by atoms with Gasteiger partial charge in [-0.1, -0.05) is 10.3 Å². The van der Waals surface area contributed by atoms with Gasteiger partial charge in [-0.2, -0.15) is 0 Å². The van der Waals surface area contributed by atoms with Crippen LogP contribution in [-0.4, -0.2) is 30.9 Å². The molecule has 5 heteroatoms. The van der Waals surface area contributed by atoms with Gasteiger partial charge in [-0.25, -0.2) is 0 Å². The molecular formula is C11H14N2O3. The second-order valence-corrected chi connectivity index (χ2v) is 3.04. The fourth-order valence-corrected chi connectivity index (χ4v) is 1.22. The molecule has 1 N–H and O–H groups in total. The van der Waals surface area contributed by atoms with Crippen molar-refractivity contribution in [2.24, 2.45) is 10.3 Å². The van der Waals surface area contributed by atoms with E-state index >= 15 is 0 Å². The van der Waals surface area contributed by atoms with Crippen molar-refractivity contribution in [2.45, 2.75) is 6.92 Å². The Labute approximate surface area is 94.0 Å². The fourth-order valence-electron chi connectivity index (χ4n) is 1.22. The normalized spacial score (nSPS) is 12.4. The molecule has 0 aliphatic rings. The Hall–Kier alpha value is -2.04. The first kappa shape index (κ1) is 12.0. The summed E-state index contributed by atoms with van der Waals surface area (Å²) in [6.45, 7) is 1.64. The number of ether oxygens (including phenoxy) is 1. The van der Waals surface area contributed by atoms with Crippen LogP contribution in [0.2, 0.25) is 0 Å². The van der Waals surface area contributed by atoms with Crippen LogP contribution in [0.25, 0.3) is 0 Å². The summed E-state index contributed by atoms with van der Waals surface area (Å²) in [5.74, 6) is 0.749. The highest BCUT2D eigenvalue weighted by atomic mass is 16.6. The second kappa shape index (κ2) is 5.75. The topological polar surface area (TPSA) is 63.4 Å². The van der Waals surface area contributed by atoms with Crippen LogP contribution in [0, 0.1) is 0 Å². The Bertz CT molecular complexity index is 396. The molecule has 0 radical (unpaired) electrons. The zero-order chi connectivity index (χ0) is 12.0. The van der Waals surface area contributed by atoms with Crippen molar-refractivity contribution in [2.75, 3.05) is 14.2 Å². The molecule has 0 aromatic heterocycles. The quantitative estimate of drug-likeness (QED) is 0.480. The Balaban J connectivity index is 3.07. The molecule has 0 bridgehead atoms. The zero-order valence-electron chi connectivity index (χ0n) is 9.47. The third-order valence-electron chi connectivity index (χ3n) is 2.04. The van der Waals surface area contributed by atoms with Gasteiger partial charge in [0.1, 0.15) is 24.3 Å². The SMILES string of the molecule is CO/N=C(/C(C)=N/O)c1ccc(OC)cc1. The van der Waals surface area contributed by atoms with Crippen molar-refractivity contribution < 1.29 is 14.8 Å². The van der Waals surface area contributed by atoms with E-state index in [2.05, 4.69) is 10.3 Å². The lowest BCUT2D eigenvalue weighted by Gasteiger charge is -2.05. The molecule has 0 aliphatic heterocycles. The first-order valence-electron chi connectivity index (χ1n) is 4.67. The minimum Gasteiger partial charge on any atom is -0.497 e. The van der Waals surface area contributed by atoms with Gasteiger partial charge < -0.3 is 14.8 Å². The van der Waals surface area contributed by atoms with Crippen molar-refractivity contribution in [3.63, 3.8) is 0 Å². The van der Waals surface area contributed by atoms with Crippen molar-refractivity contribution >= 4 is 11.4 Å². The Morgan fingerprint density at radius 2 is 1.81 bits per heavy atom. The molecule has 0 amide bonds. The van der Waals surface area contributed by atoms with Gasteiger partial charge in [0.05, 0.1) is 7.11 Å². The van der Waals surface area contributed by atoms with Crippen LogP contribution in [0.3, 0.4) is 0 Å². The number of hydrogen-bond acceptors (Lipinski definition) is 5. The van der Waals surface area contributed by atoms with E-state index in [9.17, 15) is 0 Å². The number of rotatable bonds is 4. The zero-order valence-corrected chi connectivity index (χ0v) is 9.47. The molecule has 16 heavy (non-hydrogen) atoms. The number of nitrogens with zero attached hydrogens (tertiary/aromatic N) is 2. The standard InChI is InChI=1S/C11H14N2O3/c1-8(12-14)11(13-16-3)9-4-6-10(15-2)7-5-9/h4-7,14H,1-3H3/b12-8+,13-11-. The third kappa shape index (κ3) is 2.73. The molecule has 0 atom stereocenters. The summed E-state index contributed by atoms with van der Waals surface area (Å²) in [7, 11) is 3.04. The largest absolute Gasteiger partial charge is 0.497 e. The lowest BCUT2D eigenvalue weighted by molar-refractivity contribution is 0.214. The van der Waals surface area contributed by atoms with Gasteiger partial charge >= 0.3 is 0 Å². The summed E-state index contributed by atoms with van der Waals surface area (Å²) in [5.41, 5.74) is 1.65. The Morgan fingerprint density at radius 1 is 1.19 bits per heavy atom. The Morgan fingerprint density at radius 3 is 2.25 bits per heavy atom. The predicted molar refractivity (Wildman–Crippen MR) is 61.4 cm³/mol. The molecule has 0 saturated carbocycles. The minimum absolute atomic E-state index is 0.381. The van der Waals surface area contributed by atoms with E-state index < -0.39 is 0 Å². The molecule has 0 spiro atoms. The monoisotopic (exact) mass is 222 g/mol. The molecule has 1 aromatic rings. The van der Waals surface area contributed by atoms with Crippen molar-refractivity contribution in [1.29, 1.82) is 0 Å². The molecule has 86 valence electrons. The van der Waals surface area contributed by atoms with Crippen LogP contribution in [0.1, 0.15) is 12.5 Å². The van der Waals surface area contributed by atoms with Gasteiger partial charge in [-0.05, 0) is 31.2 Å². The lowest BCUT2D eigenvalue weighted by atomic mass is 10.1. The van der Waals surface area contributed by atoms with Gasteiger partial charge in [0.2, 0.25) is 0 Å². The summed E-state index contributed by atoms with van der Waals surface area (Å²) < 4.78 is 5.04. The summed E-state index contributed by atoms with van der Waals surface area (Å²) in [6, 6.07) is 7.22. The number of hydrogen-bond donors (Lipinski definition) is 1.